The molecule has 0 aliphatic carbocycles. The summed E-state index contributed by atoms with van der Waals surface area (Å²) in [5, 5.41) is 8.86. The van der Waals surface area contributed by atoms with Gasteiger partial charge in [-0.05, 0) is 42.8 Å². The van der Waals surface area contributed by atoms with Gasteiger partial charge in [0, 0.05) is 0 Å². The average Bonchev–Trinajstić information content (AvgIpc) is 2.43. The zero-order valence-electron chi connectivity index (χ0n) is 10.8. The molecular formula is C14H9ClFNO3S. The van der Waals surface area contributed by atoms with Crippen molar-refractivity contribution >= 4 is 21.7 Å². The van der Waals surface area contributed by atoms with E-state index >= 15 is 0 Å². The van der Waals surface area contributed by atoms with Gasteiger partial charge < -0.3 is 4.18 Å². The first-order valence-corrected chi connectivity index (χ1v) is 7.52. The number of nitrogens with zero attached hydrogens (tertiary/aromatic N) is 1. The highest BCUT2D eigenvalue weighted by atomic mass is 35.5. The van der Waals surface area contributed by atoms with Crippen molar-refractivity contribution in [1.29, 1.82) is 5.26 Å². The molecule has 0 unspecified atom stereocenters. The zero-order valence-corrected chi connectivity index (χ0v) is 12.4. The summed E-state index contributed by atoms with van der Waals surface area (Å²) >= 11 is 5.87. The Bertz CT molecular complexity index is 844. The van der Waals surface area contributed by atoms with Crippen LogP contribution in [0.5, 0.6) is 5.75 Å². The van der Waals surface area contributed by atoms with Gasteiger partial charge in [-0.25, -0.2) is 4.39 Å². The number of benzene rings is 2. The van der Waals surface area contributed by atoms with E-state index in [9.17, 15) is 12.8 Å². The van der Waals surface area contributed by atoms with Crippen LogP contribution >= 0.6 is 11.6 Å². The molecule has 0 amide bonds. The Labute approximate surface area is 126 Å². The zero-order chi connectivity index (χ0) is 15.6. The highest BCUT2D eigenvalue weighted by molar-refractivity contribution is 7.87. The second-order valence-corrected chi connectivity index (χ2v) is 6.18. The number of hydrogen-bond acceptors (Lipinski definition) is 4. The molecule has 2 aromatic rings. The van der Waals surface area contributed by atoms with Crippen LogP contribution in [0.15, 0.2) is 41.3 Å². The van der Waals surface area contributed by atoms with E-state index in [4.69, 9.17) is 21.0 Å². The van der Waals surface area contributed by atoms with Crippen LogP contribution in [0.1, 0.15) is 11.1 Å². The summed E-state index contributed by atoms with van der Waals surface area (Å²) in [6.07, 6.45) is 0. The maximum Gasteiger partial charge on any atom is 0.339 e. The van der Waals surface area contributed by atoms with Gasteiger partial charge in [-0.15, -0.1) is 0 Å². The molecule has 0 aliphatic rings. The van der Waals surface area contributed by atoms with Crippen LogP contribution in [0.25, 0.3) is 0 Å². The molecule has 0 N–H and O–H groups in total. The number of halogens is 2. The Morgan fingerprint density at radius 2 is 1.95 bits per heavy atom. The van der Waals surface area contributed by atoms with Crippen molar-refractivity contribution in [1.82, 2.24) is 0 Å². The summed E-state index contributed by atoms with van der Waals surface area (Å²) in [5.74, 6) is -0.829. The predicted molar refractivity (Wildman–Crippen MR) is 75.1 cm³/mol. The van der Waals surface area contributed by atoms with Crippen molar-refractivity contribution in [2.24, 2.45) is 0 Å². The Morgan fingerprint density at radius 3 is 2.62 bits per heavy atom. The van der Waals surface area contributed by atoms with Crippen LogP contribution in [0, 0.1) is 24.1 Å². The molecule has 7 heteroatoms. The van der Waals surface area contributed by atoms with Crippen molar-refractivity contribution in [2.45, 2.75) is 11.8 Å². The van der Waals surface area contributed by atoms with Crippen LogP contribution in [0.2, 0.25) is 5.02 Å². The van der Waals surface area contributed by atoms with Gasteiger partial charge in [0.15, 0.2) is 5.75 Å². The summed E-state index contributed by atoms with van der Waals surface area (Å²) in [4.78, 5) is -0.321. The van der Waals surface area contributed by atoms with Crippen molar-refractivity contribution in [3.8, 4) is 11.8 Å². The topological polar surface area (TPSA) is 67.2 Å². The van der Waals surface area contributed by atoms with Crippen LogP contribution in [-0.4, -0.2) is 8.42 Å². The number of nitriles is 1. The molecule has 0 aliphatic heterocycles. The molecular weight excluding hydrogens is 317 g/mol. The minimum absolute atomic E-state index is 0.0282. The van der Waals surface area contributed by atoms with Crippen molar-refractivity contribution in [2.75, 3.05) is 0 Å². The fraction of sp³-hybridized carbons (Fsp3) is 0.0714. The lowest BCUT2D eigenvalue weighted by atomic mass is 10.2. The second-order valence-electron chi connectivity index (χ2n) is 4.22. The van der Waals surface area contributed by atoms with Gasteiger partial charge >= 0.3 is 10.1 Å². The smallest absolute Gasteiger partial charge is 0.339 e. The molecule has 0 saturated carbocycles. The largest absolute Gasteiger partial charge is 0.377 e. The lowest BCUT2D eigenvalue weighted by Gasteiger charge is -2.09. The summed E-state index contributed by atoms with van der Waals surface area (Å²) in [5.41, 5.74) is 0.386. The molecule has 0 radical (unpaired) electrons. The minimum Gasteiger partial charge on any atom is -0.377 e. The van der Waals surface area contributed by atoms with Gasteiger partial charge in [0.1, 0.15) is 16.8 Å². The van der Waals surface area contributed by atoms with E-state index in [-0.39, 0.29) is 21.2 Å². The van der Waals surface area contributed by atoms with E-state index in [2.05, 4.69) is 0 Å². The molecule has 0 aromatic heterocycles. The highest BCUT2D eigenvalue weighted by Crippen LogP contribution is 2.28. The van der Waals surface area contributed by atoms with E-state index in [1.54, 1.807) is 19.1 Å². The van der Waals surface area contributed by atoms with E-state index in [0.717, 1.165) is 23.8 Å². The molecule has 0 fully saturated rings. The molecule has 0 atom stereocenters. The molecule has 0 heterocycles. The summed E-state index contributed by atoms with van der Waals surface area (Å²) in [6, 6.07) is 9.08. The number of rotatable bonds is 3. The molecule has 21 heavy (non-hydrogen) atoms. The fourth-order valence-electron chi connectivity index (χ4n) is 1.59. The van der Waals surface area contributed by atoms with Gasteiger partial charge in [-0.3, -0.25) is 0 Å². The van der Waals surface area contributed by atoms with Gasteiger partial charge in [0.2, 0.25) is 0 Å². The highest BCUT2D eigenvalue weighted by Gasteiger charge is 2.20. The SMILES string of the molecule is Cc1ccc(Cl)c(OS(=O)(=O)c2ccc(F)c(C#N)c2)c1. The van der Waals surface area contributed by atoms with Crippen LogP contribution in [0.4, 0.5) is 4.39 Å². The minimum atomic E-state index is -4.20. The normalized spacial score (nSPS) is 11.0. The predicted octanol–water partition coefficient (Wildman–Crippen LogP) is 3.43. The van der Waals surface area contributed by atoms with E-state index in [1.807, 2.05) is 0 Å². The third kappa shape index (κ3) is 3.32. The van der Waals surface area contributed by atoms with E-state index in [1.165, 1.54) is 12.1 Å². The lowest BCUT2D eigenvalue weighted by molar-refractivity contribution is 0.485. The maximum atomic E-state index is 13.2. The van der Waals surface area contributed by atoms with Crippen LogP contribution in [0.3, 0.4) is 0 Å². The summed E-state index contributed by atoms with van der Waals surface area (Å²) in [7, 11) is -4.20. The number of hydrogen-bond donors (Lipinski definition) is 0. The van der Waals surface area contributed by atoms with Gasteiger partial charge in [0.25, 0.3) is 0 Å². The first-order valence-electron chi connectivity index (χ1n) is 5.74. The molecule has 0 spiro atoms. The first kappa shape index (κ1) is 15.3. The third-order valence-electron chi connectivity index (χ3n) is 2.63. The molecule has 0 bridgehead atoms. The fourth-order valence-corrected chi connectivity index (χ4v) is 2.76. The van der Waals surface area contributed by atoms with Crippen molar-refractivity contribution in [3.05, 3.63) is 58.4 Å². The lowest BCUT2D eigenvalue weighted by Crippen LogP contribution is -2.10. The molecule has 2 aromatic carbocycles. The average molecular weight is 326 g/mol. The number of aryl methyl sites for hydroxylation is 1. The van der Waals surface area contributed by atoms with Crippen molar-refractivity contribution < 1.29 is 17.0 Å². The third-order valence-corrected chi connectivity index (χ3v) is 4.18. The second kappa shape index (κ2) is 5.72. The van der Waals surface area contributed by atoms with Gasteiger partial charge in [-0.2, -0.15) is 13.7 Å². The molecule has 2 rings (SSSR count). The Morgan fingerprint density at radius 1 is 1.24 bits per heavy atom. The van der Waals surface area contributed by atoms with Gasteiger partial charge in [0.05, 0.1) is 10.6 Å². The van der Waals surface area contributed by atoms with E-state index in [0.29, 0.717) is 0 Å². The van der Waals surface area contributed by atoms with E-state index < -0.39 is 15.9 Å². The Kier molecular flexibility index (Phi) is 4.16. The first-order chi connectivity index (χ1) is 9.83. The monoisotopic (exact) mass is 325 g/mol. The van der Waals surface area contributed by atoms with Crippen molar-refractivity contribution in [3.63, 3.8) is 0 Å². The summed E-state index contributed by atoms with van der Waals surface area (Å²) in [6.45, 7) is 1.75. The van der Waals surface area contributed by atoms with Crippen LogP contribution in [-0.2, 0) is 10.1 Å². The Balaban J connectivity index is 2.44. The standard InChI is InChI=1S/C14H9ClFNO3S/c1-9-2-4-12(15)14(6-9)20-21(18,19)11-3-5-13(16)10(7-11)8-17/h2-7H,1H3. The molecule has 108 valence electrons. The van der Waals surface area contributed by atoms with Gasteiger partial charge in [-0.1, -0.05) is 17.7 Å². The summed E-state index contributed by atoms with van der Waals surface area (Å²) < 4.78 is 42.4. The van der Waals surface area contributed by atoms with Crippen LogP contribution < -0.4 is 4.18 Å². The quantitative estimate of drug-likeness (QED) is 0.811. The maximum absolute atomic E-state index is 13.2. The molecule has 4 nitrogen and oxygen atoms in total. The Hall–Kier alpha value is -2.10. The molecule has 0 saturated heterocycles.